The third kappa shape index (κ3) is 6.31. The third-order valence-electron chi connectivity index (χ3n) is 4.28. The largest absolute Gasteiger partial charge is 0.349 e. The van der Waals surface area contributed by atoms with Gasteiger partial charge in [-0.05, 0) is 45.4 Å². The van der Waals surface area contributed by atoms with E-state index >= 15 is 0 Å². The van der Waals surface area contributed by atoms with Gasteiger partial charge in [0.2, 0.25) is 5.91 Å². The van der Waals surface area contributed by atoms with E-state index in [1.807, 2.05) is 12.3 Å². The summed E-state index contributed by atoms with van der Waals surface area (Å²) in [5, 5.41) is 8.19. The molecule has 1 atom stereocenters. The fourth-order valence-corrected chi connectivity index (χ4v) is 3.60. The Labute approximate surface area is 172 Å². The normalized spacial score (nSPS) is 17.9. The van der Waals surface area contributed by atoms with E-state index < -0.39 is 17.5 Å². The van der Waals surface area contributed by atoms with Crippen molar-refractivity contribution in [2.24, 2.45) is 0 Å². The number of ether oxygens (including phenoxy) is 2. The van der Waals surface area contributed by atoms with E-state index in [2.05, 4.69) is 15.6 Å². The molecule has 1 aliphatic heterocycles. The molecule has 1 saturated heterocycles. The minimum absolute atomic E-state index is 0.119. The molecule has 0 spiro atoms. The smallest absolute Gasteiger partial charge is 0.251 e. The number of hydrogen-bond acceptors (Lipinski definition) is 6. The summed E-state index contributed by atoms with van der Waals surface area (Å²) in [5.74, 6) is -2.01. The van der Waals surface area contributed by atoms with Crippen LogP contribution in [0.3, 0.4) is 0 Å². The van der Waals surface area contributed by atoms with Crippen molar-refractivity contribution in [2.45, 2.75) is 45.5 Å². The molecule has 1 aliphatic rings. The van der Waals surface area contributed by atoms with Crippen LogP contribution in [0.4, 0.5) is 10.1 Å². The van der Waals surface area contributed by atoms with E-state index in [-0.39, 0.29) is 36.2 Å². The number of aryl methyl sites for hydroxylation is 2. The Balaban J connectivity index is 1.54. The highest BCUT2D eigenvalue weighted by Gasteiger charge is 2.32. The van der Waals surface area contributed by atoms with Gasteiger partial charge in [-0.15, -0.1) is 11.3 Å². The molecule has 2 aromatic rings. The lowest BCUT2D eigenvalue weighted by Crippen LogP contribution is -2.34. The van der Waals surface area contributed by atoms with E-state index in [1.54, 1.807) is 13.8 Å². The third-order valence-corrected chi connectivity index (χ3v) is 5.10. The number of carbonyl (C=O) groups excluding carboxylic acids is 2. The summed E-state index contributed by atoms with van der Waals surface area (Å²) in [4.78, 5) is 28.8. The van der Waals surface area contributed by atoms with Gasteiger partial charge in [-0.3, -0.25) is 9.59 Å². The van der Waals surface area contributed by atoms with Crippen molar-refractivity contribution >= 4 is 28.8 Å². The topological polar surface area (TPSA) is 89.6 Å². The highest BCUT2D eigenvalue weighted by molar-refractivity contribution is 7.09. The zero-order valence-corrected chi connectivity index (χ0v) is 17.4. The molecular weight excluding hydrogens is 397 g/mol. The molecule has 0 aliphatic carbocycles. The molecule has 0 saturated carbocycles. The lowest BCUT2D eigenvalue weighted by Gasteiger charge is -2.17. The van der Waals surface area contributed by atoms with Crippen molar-refractivity contribution < 1.29 is 23.5 Å². The number of nitrogens with one attached hydrogen (secondary N) is 2. The van der Waals surface area contributed by atoms with Gasteiger partial charge in [-0.2, -0.15) is 0 Å². The maximum atomic E-state index is 14.0. The van der Waals surface area contributed by atoms with Gasteiger partial charge in [0, 0.05) is 29.6 Å². The van der Waals surface area contributed by atoms with E-state index in [4.69, 9.17) is 9.47 Å². The van der Waals surface area contributed by atoms with Crippen molar-refractivity contribution in [3.05, 3.63) is 45.7 Å². The minimum atomic E-state index is -0.678. The number of thiazole rings is 1. The van der Waals surface area contributed by atoms with Gasteiger partial charge in [0.15, 0.2) is 5.79 Å². The van der Waals surface area contributed by atoms with Crippen molar-refractivity contribution in [3.8, 4) is 0 Å². The Hall–Kier alpha value is -2.36. The summed E-state index contributed by atoms with van der Waals surface area (Å²) in [6, 6.07) is 3.75. The lowest BCUT2D eigenvalue weighted by atomic mass is 10.1. The standard InChI is InChI=1S/C20H24FN3O4S/c1-12-23-15(11-29-12)4-5-18(25)24-16-7-13(6-14(21)8-16)19(26)22-9-17-10-27-20(2,3)28-17/h6-8,11,17H,4-5,9-10H2,1-3H3,(H,22,26)(H,24,25). The summed E-state index contributed by atoms with van der Waals surface area (Å²) in [5.41, 5.74) is 1.20. The number of anilines is 1. The summed E-state index contributed by atoms with van der Waals surface area (Å²) in [6.45, 7) is 6.11. The Morgan fingerprint density at radius 1 is 1.34 bits per heavy atom. The van der Waals surface area contributed by atoms with Gasteiger partial charge in [-0.1, -0.05) is 0 Å². The molecule has 0 radical (unpaired) electrons. The van der Waals surface area contributed by atoms with Crippen molar-refractivity contribution in [2.75, 3.05) is 18.5 Å². The van der Waals surface area contributed by atoms with E-state index in [1.165, 1.54) is 23.5 Å². The second kappa shape index (κ2) is 8.98. The van der Waals surface area contributed by atoms with Gasteiger partial charge in [-0.25, -0.2) is 9.37 Å². The molecule has 1 aromatic heterocycles. The predicted molar refractivity (Wildman–Crippen MR) is 107 cm³/mol. The highest BCUT2D eigenvalue weighted by Crippen LogP contribution is 2.22. The van der Waals surface area contributed by atoms with Crippen LogP contribution in [0, 0.1) is 12.7 Å². The van der Waals surface area contributed by atoms with Crippen LogP contribution in [0.15, 0.2) is 23.6 Å². The van der Waals surface area contributed by atoms with Crippen LogP contribution in [0.5, 0.6) is 0 Å². The first-order chi connectivity index (χ1) is 13.7. The van der Waals surface area contributed by atoms with Gasteiger partial charge < -0.3 is 20.1 Å². The summed E-state index contributed by atoms with van der Waals surface area (Å²) < 4.78 is 25.0. The Bertz CT molecular complexity index is 900. The maximum Gasteiger partial charge on any atom is 0.251 e. The van der Waals surface area contributed by atoms with E-state index in [0.29, 0.717) is 13.0 Å². The molecule has 1 aromatic carbocycles. The molecule has 7 nitrogen and oxygen atoms in total. The molecule has 1 fully saturated rings. The fourth-order valence-electron chi connectivity index (χ4n) is 2.95. The van der Waals surface area contributed by atoms with Crippen molar-refractivity contribution in [1.82, 2.24) is 10.3 Å². The molecule has 3 rings (SSSR count). The number of rotatable bonds is 7. The van der Waals surface area contributed by atoms with Crippen LogP contribution < -0.4 is 10.6 Å². The van der Waals surface area contributed by atoms with Gasteiger partial charge in [0.1, 0.15) is 11.9 Å². The first-order valence-electron chi connectivity index (χ1n) is 9.31. The number of amides is 2. The lowest BCUT2D eigenvalue weighted by molar-refractivity contribution is -0.137. The zero-order valence-electron chi connectivity index (χ0n) is 16.6. The predicted octanol–water partition coefficient (Wildman–Crippen LogP) is 3.04. The highest BCUT2D eigenvalue weighted by atomic mass is 32.1. The second-order valence-electron chi connectivity index (χ2n) is 7.30. The summed E-state index contributed by atoms with van der Waals surface area (Å²) in [7, 11) is 0. The monoisotopic (exact) mass is 421 g/mol. The van der Waals surface area contributed by atoms with Crippen LogP contribution in [-0.4, -0.2) is 41.8 Å². The minimum Gasteiger partial charge on any atom is -0.349 e. The molecule has 2 heterocycles. The van der Waals surface area contributed by atoms with Crippen LogP contribution in [0.2, 0.25) is 0 Å². The second-order valence-corrected chi connectivity index (χ2v) is 8.36. The Kier molecular flexibility index (Phi) is 6.61. The van der Waals surface area contributed by atoms with Crippen LogP contribution in [0.25, 0.3) is 0 Å². The number of nitrogens with zero attached hydrogens (tertiary/aromatic N) is 1. The number of hydrogen-bond donors (Lipinski definition) is 2. The van der Waals surface area contributed by atoms with Crippen LogP contribution in [-0.2, 0) is 20.7 Å². The molecule has 0 bridgehead atoms. The number of carbonyl (C=O) groups is 2. The van der Waals surface area contributed by atoms with E-state index in [0.717, 1.165) is 16.8 Å². The van der Waals surface area contributed by atoms with Crippen LogP contribution in [0.1, 0.15) is 41.3 Å². The summed E-state index contributed by atoms with van der Waals surface area (Å²) in [6.07, 6.45) is 0.449. The van der Waals surface area contributed by atoms with Gasteiger partial charge in [0.25, 0.3) is 5.91 Å². The number of aromatic nitrogens is 1. The van der Waals surface area contributed by atoms with Crippen molar-refractivity contribution in [3.63, 3.8) is 0 Å². The molecule has 1 unspecified atom stereocenters. The Morgan fingerprint density at radius 3 is 2.79 bits per heavy atom. The van der Waals surface area contributed by atoms with Crippen LogP contribution >= 0.6 is 11.3 Å². The molecule has 156 valence electrons. The van der Waals surface area contributed by atoms with Crippen molar-refractivity contribution in [1.29, 1.82) is 0 Å². The average Bonchev–Trinajstić information content (AvgIpc) is 3.22. The summed E-state index contributed by atoms with van der Waals surface area (Å²) >= 11 is 1.53. The molecule has 2 amide bonds. The maximum absolute atomic E-state index is 14.0. The van der Waals surface area contributed by atoms with Gasteiger partial charge >= 0.3 is 0 Å². The quantitative estimate of drug-likeness (QED) is 0.717. The van der Waals surface area contributed by atoms with Gasteiger partial charge in [0.05, 0.1) is 17.3 Å². The first-order valence-corrected chi connectivity index (χ1v) is 10.2. The fraction of sp³-hybridized carbons (Fsp3) is 0.450. The SMILES string of the molecule is Cc1nc(CCC(=O)Nc2cc(F)cc(C(=O)NCC3COC(C)(C)O3)c2)cs1. The first kappa shape index (κ1) is 21.4. The Morgan fingerprint density at radius 2 is 2.14 bits per heavy atom. The number of halogens is 1. The molecule has 9 heteroatoms. The number of benzene rings is 1. The molecule has 29 heavy (non-hydrogen) atoms. The average molecular weight is 421 g/mol. The molecule has 2 N–H and O–H groups in total. The van der Waals surface area contributed by atoms with E-state index in [9.17, 15) is 14.0 Å². The molecular formula is C20H24FN3O4S. The zero-order chi connectivity index (χ0) is 21.0.